The van der Waals surface area contributed by atoms with E-state index in [2.05, 4.69) is 11.9 Å². The van der Waals surface area contributed by atoms with Crippen molar-refractivity contribution in [3.8, 4) is 0 Å². The maximum Gasteiger partial charge on any atom is 0.266 e. The molecule has 1 amide bonds. The second-order valence-electron chi connectivity index (χ2n) is 7.10. The Kier molecular flexibility index (Phi) is 3.88. The molecule has 124 valence electrons. The molecule has 0 aromatic carbocycles. The van der Waals surface area contributed by atoms with Gasteiger partial charge in [0.15, 0.2) is 0 Å². The first-order valence-corrected chi connectivity index (χ1v) is 8.12. The normalized spacial score (nSPS) is 25.4. The summed E-state index contributed by atoms with van der Waals surface area (Å²) in [6.07, 6.45) is 7.54. The van der Waals surface area contributed by atoms with E-state index in [0.717, 1.165) is 37.2 Å². The predicted molar refractivity (Wildman–Crippen MR) is 87.0 cm³/mol. The fraction of sp³-hybridized carbons (Fsp3) is 0.588. The fourth-order valence-corrected chi connectivity index (χ4v) is 3.68. The first-order chi connectivity index (χ1) is 10.8. The molecule has 6 nitrogen and oxygen atoms in total. The number of likely N-dealkylation sites (tertiary alicyclic amines) is 2. The van der Waals surface area contributed by atoms with Gasteiger partial charge in [0, 0.05) is 17.8 Å². The van der Waals surface area contributed by atoms with Gasteiger partial charge < -0.3 is 9.80 Å². The van der Waals surface area contributed by atoms with Crippen molar-refractivity contribution < 1.29 is 9.72 Å². The van der Waals surface area contributed by atoms with Gasteiger partial charge in [-0.2, -0.15) is 0 Å². The van der Waals surface area contributed by atoms with Gasteiger partial charge in [-0.1, -0.05) is 6.08 Å². The number of allylic oxidation sites excluding steroid dienone is 4. The number of nitrogens with zero attached hydrogens (tertiary/aromatic N) is 3. The van der Waals surface area contributed by atoms with Gasteiger partial charge in [-0.3, -0.25) is 14.9 Å². The Morgan fingerprint density at radius 1 is 1.26 bits per heavy atom. The van der Waals surface area contributed by atoms with E-state index in [1.807, 2.05) is 24.8 Å². The van der Waals surface area contributed by atoms with Crippen LogP contribution < -0.4 is 0 Å². The maximum atomic E-state index is 13.0. The number of hydrogen-bond donors (Lipinski definition) is 0. The van der Waals surface area contributed by atoms with Crippen LogP contribution in [0, 0.1) is 15.5 Å². The lowest BCUT2D eigenvalue weighted by Crippen LogP contribution is -2.45. The lowest BCUT2D eigenvalue weighted by molar-refractivity contribution is -0.419. The summed E-state index contributed by atoms with van der Waals surface area (Å²) in [5.41, 5.74) is 1.02. The minimum absolute atomic E-state index is 0.0640. The Morgan fingerprint density at radius 2 is 1.91 bits per heavy atom. The van der Waals surface area contributed by atoms with E-state index in [-0.39, 0.29) is 22.6 Å². The smallest absolute Gasteiger partial charge is 0.266 e. The number of nitro groups is 1. The monoisotopic (exact) mass is 317 g/mol. The molecule has 0 radical (unpaired) electrons. The molecule has 0 bridgehead atoms. The van der Waals surface area contributed by atoms with Gasteiger partial charge in [0.1, 0.15) is 0 Å². The minimum Gasteiger partial charge on any atom is -0.309 e. The van der Waals surface area contributed by atoms with Gasteiger partial charge in [0.2, 0.25) is 5.91 Å². The predicted octanol–water partition coefficient (Wildman–Crippen LogP) is 2.32. The van der Waals surface area contributed by atoms with Gasteiger partial charge in [0.05, 0.1) is 10.3 Å². The summed E-state index contributed by atoms with van der Waals surface area (Å²) in [7, 11) is 2.09. The van der Waals surface area contributed by atoms with E-state index >= 15 is 0 Å². The molecule has 0 spiro atoms. The summed E-state index contributed by atoms with van der Waals surface area (Å²) >= 11 is 0. The molecule has 0 atom stereocenters. The van der Waals surface area contributed by atoms with Crippen molar-refractivity contribution >= 4 is 5.91 Å². The summed E-state index contributed by atoms with van der Waals surface area (Å²) in [4.78, 5) is 28.0. The molecule has 23 heavy (non-hydrogen) atoms. The number of rotatable bonds is 2. The zero-order chi connectivity index (χ0) is 16.8. The van der Waals surface area contributed by atoms with Gasteiger partial charge in [0.25, 0.3) is 5.70 Å². The van der Waals surface area contributed by atoms with Crippen LogP contribution in [-0.2, 0) is 4.79 Å². The van der Waals surface area contributed by atoms with Crippen molar-refractivity contribution in [3.63, 3.8) is 0 Å². The number of piperidine rings is 1. The SMILES string of the molecule is CN1CCC(N2C(=O)C(C)(C)C3=CC([N+](=O)[O-])=CCC=C32)CC1. The van der Waals surface area contributed by atoms with Crippen LogP contribution in [0.2, 0.25) is 0 Å². The second-order valence-corrected chi connectivity index (χ2v) is 7.10. The molecular formula is C17H23N3O3. The molecule has 0 aromatic rings. The molecule has 0 saturated carbocycles. The van der Waals surface area contributed by atoms with Crippen LogP contribution in [-0.4, -0.2) is 46.8 Å². The van der Waals surface area contributed by atoms with Gasteiger partial charge in [-0.05, 0) is 64.9 Å². The summed E-state index contributed by atoms with van der Waals surface area (Å²) < 4.78 is 0. The van der Waals surface area contributed by atoms with Crippen molar-refractivity contribution in [1.82, 2.24) is 9.80 Å². The third-order valence-corrected chi connectivity index (χ3v) is 5.16. The van der Waals surface area contributed by atoms with Crippen LogP contribution in [0.25, 0.3) is 0 Å². The second kappa shape index (κ2) is 5.60. The van der Waals surface area contributed by atoms with E-state index in [0.29, 0.717) is 6.42 Å². The van der Waals surface area contributed by atoms with E-state index in [9.17, 15) is 14.9 Å². The molecule has 0 N–H and O–H groups in total. The van der Waals surface area contributed by atoms with Crippen molar-refractivity contribution in [3.05, 3.63) is 45.3 Å². The molecule has 6 heteroatoms. The van der Waals surface area contributed by atoms with Gasteiger partial charge in [-0.15, -0.1) is 0 Å². The van der Waals surface area contributed by atoms with E-state index in [1.165, 1.54) is 0 Å². The van der Waals surface area contributed by atoms with Crippen LogP contribution in [0.1, 0.15) is 33.1 Å². The Hall–Kier alpha value is -1.95. The molecular weight excluding hydrogens is 294 g/mol. The highest BCUT2D eigenvalue weighted by Gasteiger charge is 2.49. The number of carbonyl (C=O) groups is 1. The average molecular weight is 317 g/mol. The third kappa shape index (κ3) is 2.61. The van der Waals surface area contributed by atoms with Crippen LogP contribution >= 0.6 is 0 Å². The molecule has 2 heterocycles. The first-order valence-electron chi connectivity index (χ1n) is 8.12. The zero-order valence-electron chi connectivity index (χ0n) is 13.9. The number of hydrogen-bond acceptors (Lipinski definition) is 4. The summed E-state index contributed by atoms with van der Waals surface area (Å²) in [5.74, 6) is 0.0640. The lowest BCUT2D eigenvalue weighted by Gasteiger charge is -2.36. The van der Waals surface area contributed by atoms with Crippen LogP contribution in [0.5, 0.6) is 0 Å². The summed E-state index contributed by atoms with van der Waals surface area (Å²) in [5, 5.41) is 11.2. The Labute approximate surface area is 136 Å². The largest absolute Gasteiger partial charge is 0.309 e. The highest BCUT2D eigenvalue weighted by atomic mass is 16.6. The topological polar surface area (TPSA) is 66.7 Å². The van der Waals surface area contributed by atoms with Crippen molar-refractivity contribution in [2.75, 3.05) is 20.1 Å². The Bertz CT molecular complexity index is 637. The van der Waals surface area contributed by atoms with Crippen LogP contribution in [0.4, 0.5) is 0 Å². The highest BCUT2D eigenvalue weighted by molar-refractivity contribution is 5.93. The van der Waals surface area contributed by atoms with Crippen LogP contribution in [0.15, 0.2) is 35.2 Å². The lowest BCUT2D eigenvalue weighted by atomic mass is 9.85. The minimum atomic E-state index is -0.714. The quantitative estimate of drug-likeness (QED) is 0.579. The van der Waals surface area contributed by atoms with Gasteiger partial charge in [-0.25, -0.2) is 0 Å². The van der Waals surface area contributed by atoms with E-state index in [1.54, 1.807) is 12.2 Å². The highest BCUT2D eigenvalue weighted by Crippen LogP contribution is 2.46. The number of amides is 1. The van der Waals surface area contributed by atoms with Crippen molar-refractivity contribution in [1.29, 1.82) is 0 Å². The van der Waals surface area contributed by atoms with Crippen molar-refractivity contribution in [2.24, 2.45) is 5.41 Å². The Balaban J connectivity index is 1.99. The maximum absolute atomic E-state index is 13.0. The van der Waals surface area contributed by atoms with E-state index in [4.69, 9.17) is 0 Å². The average Bonchev–Trinajstić information content (AvgIpc) is 2.66. The fourth-order valence-electron chi connectivity index (χ4n) is 3.68. The molecule has 3 rings (SSSR count). The molecule has 0 unspecified atom stereocenters. The van der Waals surface area contributed by atoms with Crippen LogP contribution in [0.3, 0.4) is 0 Å². The molecule has 2 aliphatic heterocycles. The van der Waals surface area contributed by atoms with E-state index < -0.39 is 5.41 Å². The Morgan fingerprint density at radius 3 is 2.52 bits per heavy atom. The molecule has 3 aliphatic rings. The standard InChI is InChI=1S/C17H23N3O3/c1-17(2)14-11-13(20(22)23)5-4-6-15(14)19(16(17)21)12-7-9-18(3)10-8-12/h5-6,11-12H,4,7-10H2,1-3H3. The zero-order valence-corrected chi connectivity index (χ0v) is 13.9. The summed E-state index contributed by atoms with van der Waals surface area (Å²) in [6.45, 7) is 5.68. The molecule has 2 saturated heterocycles. The molecule has 1 aliphatic carbocycles. The molecule has 0 aromatic heterocycles. The third-order valence-electron chi connectivity index (χ3n) is 5.16. The van der Waals surface area contributed by atoms with Crippen molar-refractivity contribution in [2.45, 2.75) is 39.2 Å². The first kappa shape index (κ1) is 15.9. The number of fused-ring (bicyclic) bond motifs is 1. The molecule has 2 fully saturated rings. The number of carbonyl (C=O) groups excluding carboxylic acids is 1. The summed E-state index contributed by atoms with van der Waals surface area (Å²) in [6, 6.07) is 0.187. The van der Waals surface area contributed by atoms with Gasteiger partial charge >= 0.3 is 0 Å².